The average Bonchev–Trinajstić information content (AvgIpc) is 2.85. The van der Waals surface area contributed by atoms with Crippen LogP contribution in [0.3, 0.4) is 0 Å². The molecule has 1 unspecified atom stereocenters. The van der Waals surface area contributed by atoms with E-state index < -0.39 is 0 Å². The van der Waals surface area contributed by atoms with Crippen LogP contribution in [0.2, 0.25) is 0 Å². The summed E-state index contributed by atoms with van der Waals surface area (Å²) in [5.74, 6) is 0.0340. The highest BCUT2D eigenvalue weighted by molar-refractivity contribution is 9.10. The lowest BCUT2D eigenvalue weighted by Crippen LogP contribution is -2.39. The number of hydrogen-bond acceptors (Lipinski definition) is 3. The van der Waals surface area contributed by atoms with Gasteiger partial charge in [-0.2, -0.15) is 0 Å². The molecule has 1 aromatic rings. The normalized spacial score (nSPS) is 19.2. The van der Waals surface area contributed by atoms with Gasteiger partial charge in [0.05, 0.1) is 6.54 Å². The minimum absolute atomic E-state index is 0.0340. The van der Waals surface area contributed by atoms with Crippen molar-refractivity contribution >= 4 is 27.5 Å². The summed E-state index contributed by atoms with van der Waals surface area (Å²) in [7, 11) is 2.00. The van der Waals surface area contributed by atoms with Crippen LogP contribution >= 0.6 is 15.9 Å². The van der Waals surface area contributed by atoms with E-state index in [1.807, 2.05) is 31.3 Å². The smallest absolute Gasteiger partial charge is 0.238 e. The Morgan fingerprint density at radius 1 is 1.50 bits per heavy atom. The Bertz CT molecular complexity index is 401. The number of nitrogens with zero attached hydrogens (tertiary/aromatic N) is 1. The molecule has 1 amide bonds. The van der Waals surface area contributed by atoms with Crippen LogP contribution in [0.4, 0.5) is 5.69 Å². The van der Waals surface area contributed by atoms with Crippen molar-refractivity contribution in [1.29, 1.82) is 0 Å². The lowest BCUT2D eigenvalue weighted by atomic mass is 10.2. The van der Waals surface area contributed by atoms with Crippen LogP contribution in [-0.4, -0.2) is 43.5 Å². The molecule has 0 radical (unpaired) electrons. The average molecular weight is 312 g/mol. The molecule has 5 heteroatoms. The quantitative estimate of drug-likeness (QED) is 0.889. The number of rotatable bonds is 4. The van der Waals surface area contributed by atoms with E-state index in [2.05, 4.69) is 31.5 Å². The molecular formula is C13H18BrN3O. The zero-order valence-electron chi connectivity index (χ0n) is 10.4. The van der Waals surface area contributed by atoms with Crippen LogP contribution in [-0.2, 0) is 4.79 Å². The largest absolute Gasteiger partial charge is 0.325 e. The zero-order chi connectivity index (χ0) is 13.0. The first-order valence-electron chi connectivity index (χ1n) is 6.11. The first-order chi connectivity index (χ1) is 8.65. The van der Waals surface area contributed by atoms with Crippen molar-refractivity contribution in [3.05, 3.63) is 28.7 Å². The van der Waals surface area contributed by atoms with E-state index >= 15 is 0 Å². The van der Waals surface area contributed by atoms with Gasteiger partial charge in [-0.05, 0) is 44.3 Å². The molecule has 0 saturated carbocycles. The van der Waals surface area contributed by atoms with Crippen LogP contribution in [0, 0.1) is 0 Å². The molecule has 98 valence electrons. The number of anilines is 1. The highest BCUT2D eigenvalue weighted by Gasteiger charge is 2.20. The summed E-state index contributed by atoms with van der Waals surface area (Å²) in [6.07, 6.45) is 1.11. The third-order valence-corrected chi connectivity index (χ3v) is 3.71. The van der Waals surface area contributed by atoms with E-state index in [-0.39, 0.29) is 5.91 Å². The topological polar surface area (TPSA) is 44.4 Å². The number of benzene rings is 1. The predicted octanol–water partition coefficient (Wildman–Crippen LogP) is 1.68. The molecule has 4 nitrogen and oxygen atoms in total. The van der Waals surface area contributed by atoms with Crippen LogP contribution in [0.15, 0.2) is 28.7 Å². The summed E-state index contributed by atoms with van der Waals surface area (Å²) in [6.45, 7) is 2.45. The monoisotopic (exact) mass is 311 g/mol. The number of carbonyl (C=O) groups is 1. The van der Waals surface area contributed by atoms with Gasteiger partial charge in [-0.1, -0.05) is 15.9 Å². The van der Waals surface area contributed by atoms with Gasteiger partial charge in [-0.15, -0.1) is 0 Å². The molecule has 0 bridgehead atoms. The maximum absolute atomic E-state index is 11.9. The molecule has 1 heterocycles. The molecule has 1 aliphatic rings. The summed E-state index contributed by atoms with van der Waals surface area (Å²) < 4.78 is 1.01. The predicted molar refractivity (Wildman–Crippen MR) is 76.7 cm³/mol. The fourth-order valence-corrected chi connectivity index (χ4v) is 2.37. The Balaban J connectivity index is 1.82. The Labute approximate surface area is 116 Å². The van der Waals surface area contributed by atoms with Crippen molar-refractivity contribution in [2.24, 2.45) is 0 Å². The first-order valence-corrected chi connectivity index (χ1v) is 6.91. The molecule has 18 heavy (non-hydrogen) atoms. The summed E-state index contributed by atoms with van der Waals surface area (Å²) in [5, 5.41) is 6.21. The molecular weight excluding hydrogens is 294 g/mol. The fourth-order valence-electron chi connectivity index (χ4n) is 2.10. The number of likely N-dealkylation sites (N-methyl/N-ethyl adjacent to an activating group) is 1. The van der Waals surface area contributed by atoms with Gasteiger partial charge in [-0.25, -0.2) is 0 Å². The van der Waals surface area contributed by atoms with Gasteiger partial charge in [0, 0.05) is 22.7 Å². The lowest BCUT2D eigenvalue weighted by molar-refractivity contribution is -0.117. The third kappa shape index (κ3) is 3.80. The van der Waals surface area contributed by atoms with E-state index in [4.69, 9.17) is 0 Å². The molecule has 1 aliphatic heterocycles. The maximum atomic E-state index is 11.9. The lowest BCUT2D eigenvalue weighted by Gasteiger charge is -2.22. The van der Waals surface area contributed by atoms with E-state index in [0.717, 1.165) is 29.7 Å². The van der Waals surface area contributed by atoms with E-state index in [1.54, 1.807) is 0 Å². The fraction of sp³-hybridized carbons (Fsp3) is 0.462. The Hall–Kier alpha value is -0.910. The van der Waals surface area contributed by atoms with Crippen molar-refractivity contribution in [3.63, 3.8) is 0 Å². The maximum Gasteiger partial charge on any atom is 0.238 e. The summed E-state index contributed by atoms with van der Waals surface area (Å²) in [6, 6.07) is 8.08. The van der Waals surface area contributed by atoms with Crippen molar-refractivity contribution in [2.45, 2.75) is 12.5 Å². The van der Waals surface area contributed by atoms with E-state index in [0.29, 0.717) is 12.6 Å². The number of amides is 1. The van der Waals surface area contributed by atoms with Gasteiger partial charge in [0.15, 0.2) is 0 Å². The first kappa shape index (κ1) is 13.5. The minimum Gasteiger partial charge on any atom is -0.325 e. The van der Waals surface area contributed by atoms with Gasteiger partial charge >= 0.3 is 0 Å². The molecule has 2 N–H and O–H groups in total. The number of carbonyl (C=O) groups excluding carboxylic acids is 1. The SMILES string of the molecule is CN(CC(=O)Nc1ccc(Br)cc1)C1CCNC1. The zero-order valence-corrected chi connectivity index (χ0v) is 12.0. The number of hydrogen-bond donors (Lipinski definition) is 2. The third-order valence-electron chi connectivity index (χ3n) is 3.18. The van der Waals surface area contributed by atoms with Gasteiger partial charge in [-0.3, -0.25) is 9.69 Å². The molecule has 0 spiro atoms. The molecule has 0 aliphatic carbocycles. The molecule has 1 atom stereocenters. The number of halogens is 1. The highest BCUT2D eigenvalue weighted by atomic mass is 79.9. The summed E-state index contributed by atoms with van der Waals surface area (Å²) in [5.41, 5.74) is 0.834. The van der Waals surface area contributed by atoms with Gasteiger partial charge < -0.3 is 10.6 Å². The Morgan fingerprint density at radius 2 is 2.22 bits per heavy atom. The van der Waals surface area contributed by atoms with Gasteiger partial charge in [0.1, 0.15) is 0 Å². The van der Waals surface area contributed by atoms with Crippen molar-refractivity contribution < 1.29 is 4.79 Å². The summed E-state index contributed by atoms with van der Waals surface area (Å²) >= 11 is 3.37. The van der Waals surface area contributed by atoms with Crippen molar-refractivity contribution in [1.82, 2.24) is 10.2 Å². The molecule has 2 rings (SSSR count). The standard InChI is InChI=1S/C13H18BrN3O/c1-17(12-6-7-15-8-12)9-13(18)16-11-4-2-10(14)3-5-11/h2-5,12,15H,6-9H2,1H3,(H,16,18). The second-order valence-corrected chi connectivity index (χ2v) is 5.53. The molecule has 0 aromatic heterocycles. The number of nitrogens with one attached hydrogen (secondary N) is 2. The van der Waals surface area contributed by atoms with E-state index in [9.17, 15) is 4.79 Å². The second kappa shape index (κ2) is 6.31. The minimum atomic E-state index is 0.0340. The molecule has 1 aromatic carbocycles. The van der Waals surface area contributed by atoms with Crippen molar-refractivity contribution in [3.8, 4) is 0 Å². The summed E-state index contributed by atoms with van der Waals surface area (Å²) in [4.78, 5) is 14.0. The Kier molecular flexibility index (Phi) is 4.74. The Morgan fingerprint density at radius 3 is 2.83 bits per heavy atom. The molecule has 1 fully saturated rings. The van der Waals surface area contributed by atoms with Crippen molar-refractivity contribution in [2.75, 3.05) is 32.0 Å². The second-order valence-electron chi connectivity index (χ2n) is 4.62. The van der Waals surface area contributed by atoms with Crippen LogP contribution in [0.5, 0.6) is 0 Å². The van der Waals surface area contributed by atoms with Gasteiger partial charge in [0.2, 0.25) is 5.91 Å². The van der Waals surface area contributed by atoms with E-state index in [1.165, 1.54) is 0 Å². The van der Waals surface area contributed by atoms with Crippen LogP contribution in [0.1, 0.15) is 6.42 Å². The van der Waals surface area contributed by atoms with Crippen LogP contribution in [0.25, 0.3) is 0 Å². The molecule has 1 saturated heterocycles. The van der Waals surface area contributed by atoms with Crippen LogP contribution < -0.4 is 10.6 Å². The highest BCUT2D eigenvalue weighted by Crippen LogP contribution is 2.14. The van der Waals surface area contributed by atoms with Gasteiger partial charge in [0.25, 0.3) is 0 Å².